The predicted octanol–water partition coefficient (Wildman–Crippen LogP) is 1.84. The van der Waals surface area contributed by atoms with Crippen LogP contribution in [0.5, 0.6) is 0 Å². The van der Waals surface area contributed by atoms with Crippen LogP contribution < -0.4 is 5.32 Å². The largest absolute Gasteiger partial charge is 0.379 e. The van der Waals surface area contributed by atoms with E-state index < -0.39 is 9.84 Å². The van der Waals surface area contributed by atoms with Gasteiger partial charge in [0.15, 0.2) is 5.96 Å². The van der Waals surface area contributed by atoms with Crippen LogP contribution in [0.1, 0.15) is 18.6 Å². The Hall–Kier alpha value is -0.980. The van der Waals surface area contributed by atoms with E-state index in [0.29, 0.717) is 26.2 Å². The molecule has 0 spiro atoms. The second kappa shape index (κ2) is 11.9. The average molecular weight is 529 g/mol. The predicted molar refractivity (Wildman–Crippen MR) is 119 cm³/mol. The fourth-order valence-electron chi connectivity index (χ4n) is 2.87. The molecule has 2 atom stereocenters. The molecule has 2 rings (SSSR count). The van der Waals surface area contributed by atoms with E-state index in [9.17, 15) is 12.8 Å². The quantitative estimate of drug-likeness (QED) is 0.252. The number of benzene rings is 1. The highest BCUT2D eigenvalue weighted by Gasteiger charge is 2.28. The average Bonchev–Trinajstić information content (AvgIpc) is 2.60. The van der Waals surface area contributed by atoms with Crippen LogP contribution >= 0.6 is 24.0 Å². The van der Waals surface area contributed by atoms with Crippen LogP contribution in [0, 0.1) is 5.82 Å². The fourth-order valence-corrected chi connectivity index (χ4v) is 3.29. The molecule has 1 N–H and O–H groups in total. The number of morpholine rings is 1. The van der Waals surface area contributed by atoms with Gasteiger partial charge in [-0.1, -0.05) is 12.1 Å². The number of ether oxygens (including phenoxy) is 2. The van der Waals surface area contributed by atoms with Crippen LogP contribution in [0.4, 0.5) is 4.39 Å². The van der Waals surface area contributed by atoms with E-state index in [1.54, 1.807) is 19.2 Å². The summed E-state index contributed by atoms with van der Waals surface area (Å²) in [6.45, 7) is 4.36. The summed E-state index contributed by atoms with van der Waals surface area (Å²) in [7, 11) is -1.30. The maximum atomic E-state index is 13.2. The Morgan fingerprint density at radius 1 is 1.32 bits per heavy atom. The Balaban J connectivity index is 0.00000392. The first-order chi connectivity index (χ1) is 12.8. The SMILES string of the molecule is CN=C(NCCOCCS(C)(=O)=O)N1CC(C)OC(c2ccc(F)cc2)C1.I. The van der Waals surface area contributed by atoms with Crippen LogP contribution in [0.2, 0.25) is 0 Å². The first-order valence-corrected chi connectivity index (χ1v) is 11.0. The molecule has 2 unspecified atom stereocenters. The van der Waals surface area contributed by atoms with Gasteiger partial charge in [0.05, 0.1) is 31.6 Å². The Kier molecular flexibility index (Phi) is 10.6. The van der Waals surface area contributed by atoms with E-state index in [2.05, 4.69) is 15.2 Å². The van der Waals surface area contributed by atoms with Crippen molar-refractivity contribution in [3.8, 4) is 0 Å². The van der Waals surface area contributed by atoms with Crippen LogP contribution in [-0.2, 0) is 19.3 Å². The van der Waals surface area contributed by atoms with Crippen molar-refractivity contribution in [1.82, 2.24) is 10.2 Å². The molecule has 1 fully saturated rings. The van der Waals surface area contributed by atoms with Gasteiger partial charge in [0.1, 0.15) is 21.8 Å². The third-order valence-electron chi connectivity index (χ3n) is 4.14. The monoisotopic (exact) mass is 529 g/mol. The number of halogens is 2. The highest BCUT2D eigenvalue weighted by atomic mass is 127. The Morgan fingerprint density at radius 3 is 2.61 bits per heavy atom. The van der Waals surface area contributed by atoms with Crippen LogP contribution in [0.15, 0.2) is 29.3 Å². The maximum absolute atomic E-state index is 13.2. The van der Waals surface area contributed by atoms with Crippen molar-refractivity contribution in [2.45, 2.75) is 19.1 Å². The van der Waals surface area contributed by atoms with E-state index in [0.717, 1.165) is 11.5 Å². The van der Waals surface area contributed by atoms with Crippen molar-refractivity contribution in [2.24, 2.45) is 4.99 Å². The van der Waals surface area contributed by atoms with Crippen molar-refractivity contribution in [1.29, 1.82) is 0 Å². The molecule has 0 radical (unpaired) electrons. The van der Waals surface area contributed by atoms with Crippen LogP contribution in [0.25, 0.3) is 0 Å². The number of guanidine groups is 1. The van der Waals surface area contributed by atoms with Gasteiger partial charge in [0, 0.05) is 26.4 Å². The van der Waals surface area contributed by atoms with Crippen LogP contribution in [0.3, 0.4) is 0 Å². The summed E-state index contributed by atoms with van der Waals surface area (Å²) in [6, 6.07) is 6.34. The fraction of sp³-hybridized carbons (Fsp3) is 0.611. The highest BCUT2D eigenvalue weighted by Crippen LogP contribution is 2.25. The van der Waals surface area contributed by atoms with Crippen molar-refractivity contribution in [3.05, 3.63) is 35.6 Å². The molecule has 7 nitrogen and oxygen atoms in total. The second-order valence-electron chi connectivity index (χ2n) is 6.61. The molecule has 1 heterocycles. The normalized spacial score (nSPS) is 20.6. The van der Waals surface area contributed by atoms with Gasteiger partial charge >= 0.3 is 0 Å². The Morgan fingerprint density at radius 2 is 2.00 bits per heavy atom. The minimum Gasteiger partial charge on any atom is -0.379 e. The summed E-state index contributed by atoms with van der Waals surface area (Å²) in [5.74, 6) is 0.471. The molecule has 160 valence electrons. The number of hydrogen-bond acceptors (Lipinski definition) is 5. The molecule has 1 saturated heterocycles. The Labute approximate surface area is 183 Å². The molecule has 0 bridgehead atoms. The van der Waals surface area contributed by atoms with Crippen molar-refractivity contribution >= 4 is 39.8 Å². The van der Waals surface area contributed by atoms with Gasteiger partial charge < -0.3 is 19.7 Å². The minimum atomic E-state index is -3.01. The number of rotatable bonds is 7. The number of nitrogens with one attached hydrogen (secondary N) is 1. The Bertz CT molecular complexity index is 731. The summed E-state index contributed by atoms with van der Waals surface area (Å²) < 4.78 is 46.6. The lowest BCUT2D eigenvalue weighted by Gasteiger charge is -2.38. The van der Waals surface area contributed by atoms with Gasteiger partial charge in [-0.15, -0.1) is 24.0 Å². The van der Waals surface area contributed by atoms with Crippen molar-refractivity contribution in [3.63, 3.8) is 0 Å². The number of sulfone groups is 1. The third kappa shape index (κ3) is 8.58. The van der Waals surface area contributed by atoms with Gasteiger partial charge in [-0.05, 0) is 24.6 Å². The third-order valence-corrected chi connectivity index (χ3v) is 5.05. The molecule has 0 amide bonds. The first-order valence-electron chi connectivity index (χ1n) is 8.90. The molecule has 1 aliphatic heterocycles. The van der Waals surface area contributed by atoms with E-state index in [-0.39, 0.29) is 54.4 Å². The lowest BCUT2D eigenvalue weighted by atomic mass is 10.1. The van der Waals surface area contributed by atoms with E-state index in [1.165, 1.54) is 18.4 Å². The van der Waals surface area contributed by atoms with Crippen molar-refractivity contribution in [2.75, 3.05) is 51.9 Å². The summed E-state index contributed by atoms with van der Waals surface area (Å²) in [6.07, 6.45) is 1.02. The summed E-state index contributed by atoms with van der Waals surface area (Å²) >= 11 is 0. The molecule has 0 aromatic heterocycles. The lowest BCUT2D eigenvalue weighted by Crippen LogP contribution is -2.51. The van der Waals surface area contributed by atoms with Gasteiger partial charge in [0.25, 0.3) is 0 Å². The van der Waals surface area contributed by atoms with E-state index in [1.807, 2.05) is 6.92 Å². The summed E-state index contributed by atoms with van der Waals surface area (Å²) in [5, 5.41) is 3.22. The summed E-state index contributed by atoms with van der Waals surface area (Å²) in [5.41, 5.74) is 0.924. The standard InChI is InChI=1S/C18H28FN3O4S.HI/c1-14-12-22(13-17(26-14)15-4-6-16(19)7-5-15)18(20-2)21-8-9-25-10-11-27(3,23)24;/h4-7,14,17H,8-13H2,1-3H3,(H,20,21);1H. The van der Waals surface area contributed by atoms with Crippen molar-refractivity contribution < 1.29 is 22.3 Å². The van der Waals surface area contributed by atoms with E-state index in [4.69, 9.17) is 9.47 Å². The highest BCUT2D eigenvalue weighted by molar-refractivity contribution is 14.0. The number of aliphatic imine (C=N–C) groups is 1. The van der Waals surface area contributed by atoms with Gasteiger partial charge in [-0.2, -0.15) is 0 Å². The molecular formula is C18H29FIN3O4S. The maximum Gasteiger partial charge on any atom is 0.193 e. The zero-order chi connectivity index (χ0) is 19.9. The zero-order valence-electron chi connectivity index (χ0n) is 16.4. The molecule has 28 heavy (non-hydrogen) atoms. The van der Waals surface area contributed by atoms with Crippen LogP contribution in [-0.4, -0.2) is 77.3 Å². The first kappa shape index (κ1) is 25.1. The molecule has 0 aliphatic carbocycles. The van der Waals surface area contributed by atoms with Gasteiger partial charge in [-0.3, -0.25) is 4.99 Å². The number of hydrogen-bond donors (Lipinski definition) is 1. The topological polar surface area (TPSA) is 80.2 Å². The second-order valence-corrected chi connectivity index (χ2v) is 8.87. The lowest BCUT2D eigenvalue weighted by molar-refractivity contribution is -0.0605. The van der Waals surface area contributed by atoms with E-state index >= 15 is 0 Å². The number of nitrogens with zero attached hydrogens (tertiary/aromatic N) is 2. The van der Waals surface area contributed by atoms with Gasteiger partial charge in [0.2, 0.25) is 0 Å². The molecule has 1 aromatic carbocycles. The molecular weight excluding hydrogens is 500 g/mol. The smallest absolute Gasteiger partial charge is 0.193 e. The minimum absolute atomic E-state index is 0. The molecule has 10 heteroatoms. The van der Waals surface area contributed by atoms with Gasteiger partial charge in [-0.25, -0.2) is 12.8 Å². The molecule has 1 aromatic rings. The molecule has 1 aliphatic rings. The zero-order valence-corrected chi connectivity index (χ0v) is 19.6. The summed E-state index contributed by atoms with van der Waals surface area (Å²) in [4.78, 5) is 6.41. The molecule has 0 saturated carbocycles.